The van der Waals surface area contributed by atoms with Gasteiger partial charge in [0.1, 0.15) is 0 Å². The number of phenolic OH excluding ortho intramolecular Hbond substituents is 1. The maximum absolute atomic E-state index is 13.8. The van der Waals surface area contributed by atoms with Gasteiger partial charge in [0.05, 0.1) is 23.5 Å². The number of anilines is 1. The fourth-order valence-electron chi connectivity index (χ4n) is 3.46. The molecule has 8 nitrogen and oxygen atoms in total. The number of rotatable bonds is 3. The molecule has 1 aromatic carbocycles. The van der Waals surface area contributed by atoms with Gasteiger partial charge in [-0.05, 0) is 42.5 Å². The zero-order valence-corrected chi connectivity index (χ0v) is 16.1. The molecule has 0 aliphatic carbocycles. The Morgan fingerprint density at radius 1 is 1.17 bits per heavy atom. The lowest BCUT2D eigenvalue weighted by Crippen LogP contribution is -2.46. The van der Waals surface area contributed by atoms with Gasteiger partial charge < -0.3 is 21.1 Å². The molecule has 2 atom stereocenters. The van der Waals surface area contributed by atoms with E-state index in [9.17, 15) is 28.3 Å². The Kier molecular flexibility index (Phi) is 5.95. The van der Waals surface area contributed by atoms with Gasteiger partial charge in [0.2, 0.25) is 5.91 Å². The Hall–Kier alpha value is -3.56. The first-order valence-electron chi connectivity index (χ1n) is 9.22. The van der Waals surface area contributed by atoms with Crippen LogP contribution in [0.2, 0.25) is 0 Å². The highest BCUT2D eigenvalue weighted by Gasteiger charge is 2.35. The highest BCUT2D eigenvalue weighted by molar-refractivity contribution is 6.39. The van der Waals surface area contributed by atoms with Crippen LogP contribution in [-0.2, 0) is 9.59 Å². The summed E-state index contributed by atoms with van der Waals surface area (Å²) < 4.78 is 27.7. The van der Waals surface area contributed by atoms with Crippen molar-refractivity contribution in [1.82, 2.24) is 9.88 Å². The van der Waals surface area contributed by atoms with E-state index in [1.807, 2.05) is 6.92 Å². The van der Waals surface area contributed by atoms with Crippen molar-refractivity contribution in [3.05, 3.63) is 53.4 Å². The van der Waals surface area contributed by atoms with Crippen molar-refractivity contribution >= 4 is 23.4 Å². The lowest BCUT2D eigenvalue weighted by atomic mass is 9.89. The number of benzene rings is 1. The van der Waals surface area contributed by atoms with Gasteiger partial charge in [-0.15, -0.1) is 0 Å². The molecule has 10 heteroatoms. The Morgan fingerprint density at radius 2 is 1.83 bits per heavy atom. The molecule has 4 N–H and O–H groups in total. The number of phenols is 1. The number of primary amides is 1. The predicted molar refractivity (Wildman–Crippen MR) is 102 cm³/mol. The third-order valence-electron chi connectivity index (χ3n) is 4.98. The number of carbonyl (C=O) groups excluding carboxylic acids is 3. The number of hydrogen-bond donors (Lipinski definition) is 3. The van der Waals surface area contributed by atoms with E-state index < -0.39 is 41.1 Å². The van der Waals surface area contributed by atoms with E-state index in [0.717, 1.165) is 12.1 Å². The summed E-state index contributed by atoms with van der Waals surface area (Å²) in [6.45, 7) is 2.10. The van der Waals surface area contributed by atoms with E-state index in [2.05, 4.69) is 10.3 Å². The molecule has 0 spiro atoms. The van der Waals surface area contributed by atoms with Crippen molar-refractivity contribution in [3.8, 4) is 5.75 Å². The van der Waals surface area contributed by atoms with Crippen molar-refractivity contribution in [2.24, 2.45) is 11.7 Å². The van der Waals surface area contributed by atoms with Crippen molar-refractivity contribution < 1.29 is 28.3 Å². The number of aromatic hydroxyl groups is 1. The number of likely N-dealkylation sites (tertiary alicyclic amines) is 1. The molecule has 0 radical (unpaired) electrons. The summed E-state index contributed by atoms with van der Waals surface area (Å²) in [6.07, 6.45) is 3.54. The molecule has 2 aromatic rings. The van der Waals surface area contributed by atoms with Crippen LogP contribution in [0.4, 0.5) is 14.5 Å². The monoisotopic (exact) mass is 418 g/mol. The van der Waals surface area contributed by atoms with Crippen LogP contribution in [0.15, 0.2) is 30.6 Å². The van der Waals surface area contributed by atoms with Crippen molar-refractivity contribution in [2.45, 2.75) is 25.8 Å². The first-order chi connectivity index (χ1) is 14.2. The molecule has 1 aliphatic rings. The van der Waals surface area contributed by atoms with Crippen LogP contribution in [0.3, 0.4) is 0 Å². The molecule has 3 amide bonds. The summed E-state index contributed by atoms with van der Waals surface area (Å²) in [7, 11) is 0. The van der Waals surface area contributed by atoms with E-state index in [1.54, 1.807) is 0 Å². The Balaban J connectivity index is 1.85. The van der Waals surface area contributed by atoms with Gasteiger partial charge in [-0.3, -0.25) is 19.4 Å². The smallest absolute Gasteiger partial charge is 0.313 e. The summed E-state index contributed by atoms with van der Waals surface area (Å²) in [5, 5.41) is 11.7. The van der Waals surface area contributed by atoms with Gasteiger partial charge in [0.15, 0.2) is 17.4 Å². The highest BCUT2D eigenvalue weighted by Crippen LogP contribution is 2.36. The van der Waals surface area contributed by atoms with Crippen LogP contribution >= 0.6 is 0 Å². The molecule has 1 aliphatic heterocycles. The average molecular weight is 418 g/mol. The number of piperidine rings is 1. The quantitative estimate of drug-likeness (QED) is 0.658. The van der Waals surface area contributed by atoms with Gasteiger partial charge >= 0.3 is 11.8 Å². The summed E-state index contributed by atoms with van der Waals surface area (Å²) in [5.74, 6) is -5.94. The molecule has 158 valence electrons. The summed E-state index contributed by atoms with van der Waals surface area (Å²) in [6, 6.07) is 2.45. The van der Waals surface area contributed by atoms with E-state index in [4.69, 9.17) is 5.73 Å². The number of nitrogens with zero attached hydrogens (tertiary/aromatic N) is 2. The van der Waals surface area contributed by atoms with Crippen molar-refractivity contribution in [3.63, 3.8) is 0 Å². The minimum Gasteiger partial charge on any atom is -0.503 e. The molecule has 1 fully saturated rings. The van der Waals surface area contributed by atoms with Crippen LogP contribution in [0, 0.1) is 17.6 Å². The second-order valence-corrected chi connectivity index (χ2v) is 7.27. The minimum absolute atomic E-state index is 0.0553. The van der Waals surface area contributed by atoms with Gasteiger partial charge in [0, 0.05) is 12.7 Å². The minimum atomic E-state index is -1.14. The van der Waals surface area contributed by atoms with Crippen LogP contribution in [0.1, 0.15) is 41.7 Å². The normalized spacial score (nSPS) is 18.7. The average Bonchev–Trinajstić information content (AvgIpc) is 2.71. The third-order valence-corrected chi connectivity index (χ3v) is 4.98. The van der Waals surface area contributed by atoms with Crippen LogP contribution in [0.25, 0.3) is 0 Å². The lowest BCUT2D eigenvalue weighted by Gasteiger charge is -2.38. The predicted octanol–water partition coefficient (Wildman–Crippen LogP) is 2.10. The number of amides is 3. The number of pyridine rings is 1. The maximum Gasteiger partial charge on any atom is 0.313 e. The van der Waals surface area contributed by atoms with Crippen molar-refractivity contribution in [2.75, 3.05) is 11.9 Å². The Labute approximate surface area is 170 Å². The van der Waals surface area contributed by atoms with E-state index in [0.29, 0.717) is 12.8 Å². The molecule has 0 unspecified atom stereocenters. The molecule has 0 bridgehead atoms. The Bertz CT molecular complexity index is 991. The SMILES string of the molecule is C[C@H]1CC[C@H](c2cc(F)c(O)c(F)c2)N(C(=O)C(=O)Nc2cncc(C(N)=O)c2)C1. The summed E-state index contributed by atoms with van der Waals surface area (Å²) in [5.41, 5.74) is 5.48. The topological polar surface area (TPSA) is 126 Å². The maximum atomic E-state index is 13.8. The number of nitrogens with two attached hydrogens (primary N) is 1. The van der Waals surface area contributed by atoms with Gasteiger partial charge in [-0.1, -0.05) is 6.92 Å². The van der Waals surface area contributed by atoms with Gasteiger partial charge in [-0.25, -0.2) is 8.78 Å². The second-order valence-electron chi connectivity index (χ2n) is 7.27. The Morgan fingerprint density at radius 3 is 2.47 bits per heavy atom. The number of aromatic nitrogens is 1. The molecule has 3 rings (SSSR count). The first kappa shape index (κ1) is 21.2. The summed E-state index contributed by atoms with van der Waals surface area (Å²) in [4.78, 5) is 41.7. The van der Waals surface area contributed by atoms with Crippen LogP contribution < -0.4 is 11.1 Å². The molecule has 0 saturated carbocycles. The first-order valence-corrected chi connectivity index (χ1v) is 9.22. The molecule has 2 heterocycles. The van der Waals surface area contributed by atoms with Crippen molar-refractivity contribution in [1.29, 1.82) is 0 Å². The number of hydrogen-bond acceptors (Lipinski definition) is 5. The molecule has 30 heavy (non-hydrogen) atoms. The second kappa shape index (κ2) is 8.44. The van der Waals surface area contributed by atoms with E-state index in [-0.39, 0.29) is 29.3 Å². The fraction of sp³-hybridized carbons (Fsp3) is 0.300. The zero-order valence-electron chi connectivity index (χ0n) is 16.1. The lowest BCUT2D eigenvalue weighted by molar-refractivity contribution is -0.146. The molecule has 1 saturated heterocycles. The molecular weight excluding hydrogens is 398 g/mol. The fourth-order valence-corrected chi connectivity index (χ4v) is 3.46. The summed E-state index contributed by atoms with van der Waals surface area (Å²) >= 11 is 0. The zero-order chi connectivity index (χ0) is 22.0. The standard InChI is InChI=1S/C20H20F2N4O4/c1-10-2-3-16(11-5-14(21)17(27)15(22)6-11)26(9-10)20(30)19(29)25-13-4-12(18(23)28)7-24-8-13/h4-8,10,16,27H,2-3,9H2,1H3,(H2,23,28)(H,25,29)/t10-,16+/m0/s1. The van der Waals surface area contributed by atoms with Crippen LogP contribution in [0.5, 0.6) is 5.75 Å². The number of carbonyl (C=O) groups is 3. The van der Waals surface area contributed by atoms with E-state index >= 15 is 0 Å². The third kappa shape index (κ3) is 4.37. The number of nitrogens with one attached hydrogen (secondary N) is 1. The molecular formula is C20H20F2N4O4. The van der Waals surface area contributed by atoms with Crippen LogP contribution in [-0.4, -0.2) is 39.3 Å². The number of halogens is 2. The van der Waals surface area contributed by atoms with Gasteiger partial charge in [0.25, 0.3) is 0 Å². The van der Waals surface area contributed by atoms with E-state index in [1.165, 1.54) is 23.4 Å². The largest absolute Gasteiger partial charge is 0.503 e. The molecule has 1 aromatic heterocycles. The van der Waals surface area contributed by atoms with Gasteiger partial charge in [-0.2, -0.15) is 0 Å². The highest BCUT2D eigenvalue weighted by atomic mass is 19.1.